The number of nitrogens with one attached hydrogen (secondary N) is 1. The first kappa shape index (κ1) is 16.0. The van der Waals surface area contributed by atoms with Crippen LogP contribution in [0.15, 0.2) is 24.3 Å². The van der Waals surface area contributed by atoms with Gasteiger partial charge < -0.3 is 15.0 Å². The van der Waals surface area contributed by atoms with Crippen LogP contribution in [0.2, 0.25) is 0 Å². The molecular formula is C17H26N2O2. The Balaban J connectivity index is 2.30. The monoisotopic (exact) mass is 290 g/mol. The first-order chi connectivity index (χ1) is 10.2. The minimum atomic E-state index is -0.404. The summed E-state index contributed by atoms with van der Waals surface area (Å²) >= 11 is 0. The summed E-state index contributed by atoms with van der Waals surface area (Å²) in [6.45, 7) is 5.74. The van der Waals surface area contributed by atoms with Crippen molar-refractivity contribution in [2.75, 3.05) is 25.1 Å². The van der Waals surface area contributed by atoms with Crippen molar-refractivity contribution in [2.45, 2.75) is 45.3 Å². The third-order valence-electron chi connectivity index (χ3n) is 4.09. The number of carbonyl (C=O) groups is 1. The van der Waals surface area contributed by atoms with Crippen LogP contribution in [0.3, 0.4) is 0 Å². The smallest absolute Gasteiger partial charge is 0.255 e. The molecular weight excluding hydrogens is 264 g/mol. The maximum absolute atomic E-state index is 12.5. The van der Waals surface area contributed by atoms with Gasteiger partial charge in [0.25, 0.3) is 5.91 Å². The Hall–Kier alpha value is -1.39. The first-order valence-corrected chi connectivity index (χ1v) is 7.85. The number of ether oxygens (including phenoxy) is 1. The molecule has 4 nitrogen and oxygen atoms in total. The Morgan fingerprint density at radius 1 is 1.48 bits per heavy atom. The fourth-order valence-corrected chi connectivity index (χ4v) is 2.84. The summed E-state index contributed by atoms with van der Waals surface area (Å²) in [7, 11) is 1.58. The molecule has 1 aliphatic heterocycles. The highest BCUT2D eigenvalue weighted by Crippen LogP contribution is 2.33. The average Bonchev–Trinajstić information content (AvgIpc) is 2.71. The number of para-hydroxylation sites is 1. The third-order valence-corrected chi connectivity index (χ3v) is 4.09. The van der Waals surface area contributed by atoms with Crippen LogP contribution in [-0.4, -0.2) is 32.2 Å². The lowest BCUT2D eigenvalue weighted by molar-refractivity contribution is -0.127. The predicted molar refractivity (Wildman–Crippen MR) is 85.5 cm³/mol. The molecule has 2 atom stereocenters. The van der Waals surface area contributed by atoms with E-state index < -0.39 is 6.10 Å². The number of nitrogens with zero attached hydrogens (tertiary/aromatic N) is 1. The van der Waals surface area contributed by atoms with Crippen molar-refractivity contribution >= 4 is 11.6 Å². The van der Waals surface area contributed by atoms with Crippen molar-refractivity contribution in [3.05, 3.63) is 29.8 Å². The zero-order valence-corrected chi connectivity index (χ0v) is 13.3. The van der Waals surface area contributed by atoms with Crippen molar-refractivity contribution in [1.29, 1.82) is 0 Å². The van der Waals surface area contributed by atoms with E-state index in [2.05, 4.69) is 18.3 Å². The first-order valence-electron chi connectivity index (χ1n) is 7.85. The van der Waals surface area contributed by atoms with Gasteiger partial charge in [-0.05, 0) is 44.4 Å². The van der Waals surface area contributed by atoms with Gasteiger partial charge in [-0.1, -0.05) is 25.1 Å². The molecule has 0 radical (unpaired) electrons. The van der Waals surface area contributed by atoms with Crippen molar-refractivity contribution in [3.63, 3.8) is 0 Å². The summed E-state index contributed by atoms with van der Waals surface area (Å²) in [6, 6.07) is 8.55. The minimum Gasteiger partial charge on any atom is -0.372 e. The Bertz CT molecular complexity index is 476. The molecule has 0 aliphatic carbocycles. The van der Waals surface area contributed by atoms with E-state index in [1.165, 1.54) is 5.56 Å². The number of rotatable bonds is 5. The summed E-state index contributed by atoms with van der Waals surface area (Å²) in [4.78, 5) is 14.4. The maximum Gasteiger partial charge on any atom is 0.255 e. The zero-order valence-electron chi connectivity index (χ0n) is 13.3. The summed E-state index contributed by atoms with van der Waals surface area (Å²) in [5.41, 5.74) is 2.25. The fraction of sp³-hybridized carbons (Fsp3) is 0.588. The topological polar surface area (TPSA) is 41.6 Å². The number of hydrogen-bond acceptors (Lipinski definition) is 3. The van der Waals surface area contributed by atoms with Gasteiger partial charge in [-0.3, -0.25) is 4.79 Å². The van der Waals surface area contributed by atoms with Gasteiger partial charge in [-0.15, -0.1) is 0 Å². The van der Waals surface area contributed by atoms with Crippen LogP contribution in [0.25, 0.3) is 0 Å². The van der Waals surface area contributed by atoms with Crippen molar-refractivity contribution in [2.24, 2.45) is 0 Å². The Morgan fingerprint density at radius 2 is 2.24 bits per heavy atom. The number of amides is 1. The number of anilines is 1. The Morgan fingerprint density at radius 3 is 2.95 bits per heavy atom. The van der Waals surface area contributed by atoms with E-state index in [-0.39, 0.29) is 5.91 Å². The Labute approximate surface area is 127 Å². The molecule has 0 aromatic heterocycles. The summed E-state index contributed by atoms with van der Waals surface area (Å²) < 4.78 is 5.21. The number of benzene rings is 1. The van der Waals surface area contributed by atoms with Crippen molar-refractivity contribution < 1.29 is 9.53 Å². The van der Waals surface area contributed by atoms with Crippen molar-refractivity contribution in [1.82, 2.24) is 5.32 Å². The lowest BCUT2D eigenvalue weighted by atomic mass is 10.0. The van der Waals surface area contributed by atoms with Crippen LogP contribution in [0.4, 0.5) is 5.69 Å². The summed E-state index contributed by atoms with van der Waals surface area (Å²) in [6.07, 6.45) is 2.76. The molecule has 1 amide bonds. The van der Waals surface area contributed by atoms with Gasteiger partial charge in [0.15, 0.2) is 0 Å². The molecule has 2 rings (SSSR count). The molecule has 1 aliphatic rings. The molecule has 0 fully saturated rings. The highest BCUT2D eigenvalue weighted by Gasteiger charge is 2.28. The second-order valence-electron chi connectivity index (χ2n) is 5.58. The van der Waals surface area contributed by atoms with Crippen LogP contribution < -0.4 is 10.2 Å². The quantitative estimate of drug-likeness (QED) is 0.906. The largest absolute Gasteiger partial charge is 0.372 e. The lowest BCUT2D eigenvalue weighted by Crippen LogP contribution is -2.39. The van der Waals surface area contributed by atoms with E-state index in [0.717, 1.165) is 38.0 Å². The molecule has 0 spiro atoms. The minimum absolute atomic E-state index is 0.0427. The Kier molecular flexibility index (Phi) is 5.76. The number of hydrogen-bond donors (Lipinski definition) is 1. The molecule has 0 bridgehead atoms. The van der Waals surface area contributed by atoms with Gasteiger partial charge in [-0.2, -0.15) is 0 Å². The normalized spacial score (nSPS) is 19.8. The molecule has 1 N–H and O–H groups in total. The van der Waals surface area contributed by atoms with Gasteiger partial charge >= 0.3 is 0 Å². The van der Waals surface area contributed by atoms with Gasteiger partial charge in [0.2, 0.25) is 0 Å². The lowest BCUT2D eigenvalue weighted by Gasteiger charge is -2.26. The molecule has 0 saturated heterocycles. The highest BCUT2D eigenvalue weighted by atomic mass is 16.5. The van der Waals surface area contributed by atoms with Crippen LogP contribution >= 0.6 is 0 Å². The molecule has 116 valence electrons. The maximum atomic E-state index is 12.5. The van der Waals surface area contributed by atoms with Crippen LogP contribution in [0.5, 0.6) is 0 Å². The highest BCUT2D eigenvalue weighted by molar-refractivity contribution is 5.97. The molecule has 4 heteroatoms. The number of carbonyl (C=O) groups excluding carboxylic acids is 1. The van der Waals surface area contributed by atoms with Gasteiger partial charge in [0.1, 0.15) is 6.10 Å². The standard InChI is InChI=1S/C17H26N2O2/c1-4-11-18-15-9-7-12-19(17(20)13(2)21-3)16-10-6-5-8-14(15)16/h5-6,8,10,13,15,18H,4,7,9,11-12H2,1-3H3. The van der Waals surface area contributed by atoms with Crippen LogP contribution in [0.1, 0.15) is 44.7 Å². The molecule has 1 aromatic rings. The third kappa shape index (κ3) is 3.63. The van der Waals surface area contributed by atoms with E-state index in [1.807, 2.05) is 30.0 Å². The average molecular weight is 290 g/mol. The van der Waals surface area contributed by atoms with Crippen molar-refractivity contribution in [3.8, 4) is 0 Å². The van der Waals surface area contributed by atoms with Gasteiger partial charge in [-0.25, -0.2) is 0 Å². The number of methoxy groups -OCH3 is 1. The molecule has 0 saturated carbocycles. The fourth-order valence-electron chi connectivity index (χ4n) is 2.84. The van der Waals surface area contributed by atoms with E-state index in [4.69, 9.17) is 4.74 Å². The van der Waals surface area contributed by atoms with E-state index >= 15 is 0 Å². The molecule has 1 aromatic carbocycles. The molecule has 2 unspecified atom stereocenters. The molecule has 1 heterocycles. The van der Waals surface area contributed by atoms with Gasteiger partial charge in [0, 0.05) is 25.4 Å². The second kappa shape index (κ2) is 7.57. The van der Waals surface area contributed by atoms with E-state index in [0.29, 0.717) is 6.04 Å². The zero-order chi connectivity index (χ0) is 15.2. The second-order valence-corrected chi connectivity index (χ2v) is 5.58. The SMILES string of the molecule is CCCNC1CCCN(C(=O)C(C)OC)c2ccccc21. The van der Waals surface area contributed by atoms with Crippen LogP contribution in [-0.2, 0) is 9.53 Å². The summed E-state index contributed by atoms with van der Waals surface area (Å²) in [5.74, 6) is 0.0427. The van der Waals surface area contributed by atoms with E-state index in [9.17, 15) is 4.79 Å². The predicted octanol–water partition coefficient (Wildman–Crippen LogP) is 2.89. The summed E-state index contributed by atoms with van der Waals surface area (Å²) in [5, 5.41) is 3.60. The van der Waals surface area contributed by atoms with E-state index in [1.54, 1.807) is 7.11 Å². The number of fused-ring (bicyclic) bond motifs is 1. The van der Waals surface area contributed by atoms with Crippen LogP contribution in [0, 0.1) is 0 Å². The molecule has 21 heavy (non-hydrogen) atoms. The van der Waals surface area contributed by atoms with Gasteiger partial charge in [0.05, 0.1) is 0 Å².